The van der Waals surface area contributed by atoms with Gasteiger partial charge in [0.2, 0.25) is 0 Å². The smallest absolute Gasteiger partial charge is 0.269 e. The average Bonchev–Trinajstić information content (AvgIpc) is 2.81. The maximum Gasteiger partial charge on any atom is 0.269 e. The number of phenolic OH excluding ortho intramolecular Hbond substituents is 1. The van der Waals surface area contributed by atoms with Gasteiger partial charge in [0, 0.05) is 12.1 Å². The number of aryl methyl sites for hydroxylation is 1. The van der Waals surface area contributed by atoms with Crippen molar-refractivity contribution in [2.75, 3.05) is 0 Å². The molecule has 0 aromatic heterocycles. The molecule has 0 unspecified atom stereocenters. The third-order valence-corrected chi connectivity index (χ3v) is 5.27. The number of azo groups is 1. The molecule has 33 heavy (non-hydrogen) atoms. The summed E-state index contributed by atoms with van der Waals surface area (Å²) in [5.74, 6) is 0.218. The molecule has 2 rings (SSSR count). The van der Waals surface area contributed by atoms with Crippen molar-refractivity contribution in [2.45, 2.75) is 71.1 Å². The maximum atomic E-state index is 10.8. The molecule has 0 aliphatic heterocycles. The van der Waals surface area contributed by atoms with E-state index in [1.165, 1.54) is 44.2 Å². The summed E-state index contributed by atoms with van der Waals surface area (Å²) in [7, 11) is 0. The monoisotopic (exact) mass is 449 g/mol. The molecule has 0 bridgehead atoms. The van der Waals surface area contributed by atoms with Crippen molar-refractivity contribution in [3.63, 3.8) is 0 Å². The number of nitro benzene ring substituents is 1. The van der Waals surface area contributed by atoms with E-state index in [0.717, 1.165) is 37.7 Å². The topological polar surface area (TPSA) is 88.1 Å². The Hall–Kier alpha value is -3.28. The Morgan fingerprint density at radius 1 is 0.879 bits per heavy atom. The fraction of sp³-hybridized carbons (Fsp3) is 0.407. The molecule has 0 saturated heterocycles. The molecule has 0 heterocycles. The van der Waals surface area contributed by atoms with Crippen molar-refractivity contribution in [1.29, 1.82) is 0 Å². The van der Waals surface area contributed by atoms with Gasteiger partial charge in [-0.05, 0) is 74.4 Å². The Morgan fingerprint density at radius 2 is 1.58 bits per heavy atom. The summed E-state index contributed by atoms with van der Waals surface area (Å²) in [6, 6.07) is 11.0. The van der Waals surface area contributed by atoms with E-state index in [2.05, 4.69) is 41.5 Å². The van der Waals surface area contributed by atoms with Gasteiger partial charge in [0.1, 0.15) is 5.75 Å². The second kappa shape index (κ2) is 15.5. The minimum Gasteiger partial charge on any atom is -0.508 e. The number of phenols is 1. The van der Waals surface area contributed by atoms with Gasteiger partial charge in [0.15, 0.2) is 0 Å². The van der Waals surface area contributed by atoms with E-state index in [-0.39, 0.29) is 11.4 Å². The minimum absolute atomic E-state index is 0.0230. The van der Waals surface area contributed by atoms with E-state index in [9.17, 15) is 15.2 Å². The number of nitro groups is 1. The zero-order valence-corrected chi connectivity index (χ0v) is 19.5. The van der Waals surface area contributed by atoms with Gasteiger partial charge in [-0.3, -0.25) is 10.1 Å². The van der Waals surface area contributed by atoms with Gasteiger partial charge < -0.3 is 5.11 Å². The number of unbranched alkanes of at least 4 members (excludes halogenated alkanes) is 6. The molecule has 6 nitrogen and oxygen atoms in total. The first-order chi connectivity index (χ1) is 16.1. The van der Waals surface area contributed by atoms with Crippen molar-refractivity contribution in [2.24, 2.45) is 10.2 Å². The fourth-order valence-electron chi connectivity index (χ4n) is 3.40. The first-order valence-corrected chi connectivity index (χ1v) is 11.9. The lowest BCUT2D eigenvalue weighted by molar-refractivity contribution is -0.384. The molecule has 2 aromatic carbocycles. The number of hydrogen-bond acceptors (Lipinski definition) is 5. The summed E-state index contributed by atoms with van der Waals surface area (Å²) < 4.78 is 0. The van der Waals surface area contributed by atoms with Crippen LogP contribution in [0.15, 0.2) is 77.0 Å². The van der Waals surface area contributed by atoms with E-state index < -0.39 is 4.92 Å². The molecule has 0 amide bonds. The Labute approximate surface area is 196 Å². The number of hydrogen-bond donors (Lipinski definition) is 1. The van der Waals surface area contributed by atoms with Gasteiger partial charge in [-0.25, -0.2) is 0 Å². The normalized spacial score (nSPS) is 11.8. The van der Waals surface area contributed by atoms with Crippen LogP contribution in [-0.4, -0.2) is 10.0 Å². The van der Waals surface area contributed by atoms with E-state index in [0.29, 0.717) is 11.4 Å². The lowest BCUT2D eigenvalue weighted by atomic mass is 10.0. The molecule has 1 N–H and O–H groups in total. The van der Waals surface area contributed by atoms with Crippen molar-refractivity contribution < 1.29 is 10.0 Å². The summed E-state index contributed by atoms with van der Waals surface area (Å²) in [6.07, 6.45) is 20.2. The number of benzene rings is 2. The Kier molecular flexibility index (Phi) is 12.2. The Bertz CT molecular complexity index is 934. The lowest BCUT2D eigenvalue weighted by Gasteiger charge is -2.06. The molecule has 2 aromatic rings. The minimum atomic E-state index is -0.442. The number of non-ortho nitro benzene ring substituents is 1. The molecule has 6 heteroatoms. The zero-order chi connectivity index (χ0) is 23.7. The molecule has 0 saturated carbocycles. The first-order valence-electron chi connectivity index (χ1n) is 11.9. The van der Waals surface area contributed by atoms with Gasteiger partial charge in [-0.15, -0.1) is 0 Å². The molecule has 0 spiro atoms. The zero-order valence-electron chi connectivity index (χ0n) is 19.5. The van der Waals surface area contributed by atoms with Gasteiger partial charge in [0.05, 0.1) is 16.3 Å². The second-order valence-electron chi connectivity index (χ2n) is 8.06. The van der Waals surface area contributed by atoms with Crippen LogP contribution < -0.4 is 0 Å². The summed E-state index contributed by atoms with van der Waals surface area (Å²) in [5.41, 5.74) is 2.24. The number of allylic oxidation sites excluding steroid dienone is 4. The van der Waals surface area contributed by atoms with Crippen molar-refractivity contribution in [3.05, 3.63) is 82.4 Å². The average molecular weight is 450 g/mol. The predicted octanol–water partition coefficient (Wildman–Crippen LogP) is 8.90. The fourth-order valence-corrected chi connectivity index (χ4v) is 3.40. The standard InChI is InChI=1S/C27H35N3O3/c1-2-3-4-5-6-7-8-9-10-11-12-13-14-15-23-22-26(31)20-21-27(23)29-28-24-16-18-25(19-17-24)30(32)33/h4-5,7-8,16-22,31H,2-3,6,9-15H2,1H3/b5-4+,8-7+,29-28?. The Morgan fingerprint density at radius 3 is 2.30 bits per heavy atom. The molecule has 0 radical (unpaired) electrons. The third-order valence-electron chi connectivity index (χ3n) is 5.27. The van der Waals surface area contributed by atoms with Crippen LogP contribution in [0.4, 0.5) is 17.1 Å². The third kappa shape index (κ3) is 10.7. The largest absolute Gasteiger partial charge is 0.508 e. The van der Waals surface area contributed by atoms with Crippen LogP contribution >= 0.6 is 0 Å². The molecule has 0 aliphatic carbocycles. The van der Waals surface area contributed by atoms with Crippen LogP contribution in [0.2, 0.25) is 0 Å². The summed E-state index contributed by atoms with van der Waals surface area (Å²) in [6.45, 7) is 2.19. The van der Waals surface area contributed by atoms with Crippen LogP contribution in [0, 0.1) is 10.1 Å². The molecule has 0 fully saturated rings. The van der Waals surface area contributed by atoms with Crippen LogP contribution in [-0.2, 0) is 6.42 Å². The number of nitrogens with zero attached hydrogens (tertiary/aromatic N) is 3. The molecule has 0 aliphatic rings. The molecular weight excluding hydrogens is 414 g/mol. The summed E-state index contributed by atoms with van der Waals surface area (Å²) >= 11 is 0. The lowest BCUT2D eigenvalue weighted by Crippen LogP contribution is -1.88. The Balaban J connectivity index is 1.72. The van der Waals surface area contributed by atoms with Crippen LogP contribution in [0.5, 0.6) is 5.75 Å². The van der Waals surface area contributed by atoms with Crippen LogP contribution in [0.1, 0.15) is 70.3 Å². The first kappa shape index (κ1) is 26.0. The molecule has 0 atom stereocenters. The predicted molar refractivity (Wildman–Crippen MR) is 135 cm³/mol. The van der Waals surface area contributed by atoms with E-state index >= 15 is 0 Å². The highest BCUT2D eigenvalue weighted by atomic mass is 16.6. The summed E-state index contributed by atoms with van der Waals surface area (Å²) in [5, 5.41) is 29.1. The van der Waals surface area contributed by atoms with E-state index in [1.54, 1.807) is 30.3 Å². The van der Waals surface area contributed by atoms with Gasteiger partial charge in [0.25, 0.3) is 5.69 Å². The summed E-state index contributed by atoms with van der Waals surface area (Å²) in [4.78, 5) is 10.3. The quantitative estimate of drug-likeness (QED) is 0.0967. The SMILES string of the molecule is CCC/C=C/C/C=C/CCCCCCCc1cc(O)ccc1N=Nc1ccc([N+](=O)[O-])cc1. The van der Waals surface area contributed by atoms with Gasteiger partial charge in [-0.2, -0.15) is 10.2 Å². The molecular formula is C27H35N3O3. The van der Waals surface area contributed by atoms with Crippen molar-refractivity contribution >= 4 is 17.1 Å². The second-order valence-corrected chi connectivity index (χ2v) is 8.06. The maximum absolute atomic E-state index is 10.8. The van der Waals surface area contributed by atoms with Crippen molar-refractivity contribution in [1.82, 2.24) is 0 Å². The van der Waals surface area contributed by atoms with Crippen LogP contribution in [0.3, 0.4) is 0 Å². The highest BCUT2D eigenvalue weighted by Gasteiger charge is 2.06. The van der Waals surface area contributed by atoms with Crippen LogP contribution in [0.25, 0.3) is 0 Å². The van der Waals surface area contributed by atoms with Gasteiger partial charge in [-0.1, -0.05) is 56.9 Å². The van der Waals surface area contributed by atoms with E-state index in [4.69, 9.17) is 0 Å². The molecule has 176 valence electrons. The van der Waals surface area contributed by atoms with Crippen molar-refractivity contribution in [3.8, 4) is 5.75 Å². The number of aromatic hydroxyl groups is 1. The van der Waals surface area contributed by atoms with E-state index in [1.807, 2.05) is 0 Å². The highest BCUT2D eigenvalue weighted by molar-refractivity contribution is 5.50. The van der Waals surface area contributed by atoms with Gasteiger partial charge >= 0.3 is 0 Å². The highest BCUT2D eigenvalue weighted by Crippen LogP contribution is 2.28. The number of rotatable bonds is 15.